The van der Waals surface area contributed by atoms with Gasteiger partial charge in [0.15, 0.2) is 0 Å². The first-order chi connectivity index (χ1) is 12.4. The highest BCUT2D eigenvalue weighted by molar-refractivity contribution is 5.69. The molecule has 0 amide bonds. The first-order valence-corrected chi connectivity index (χ1v) is 8.05. The van der Waals surface area contributed by atoms with Crippen molar-refractivity contribution in [1.29, 1.82) is 0 Å². The third kappa shape index (κ3) is 6.36. The van der Waals surface area contributed by atoms with Crippen molar-refractivity contribution in [2.45, 2.75) is 26.1 Å². The number of pyridine rings is 1. The number of alkyl halides is 3. The summed E-state index contributed by atoms with van der Waals surface area (Å²) in [7, 11) is 0. The molecule has 0 aliphatic heterocycles. The fraction of sp³-hybridized carbons (Fsp3) is 0.333. The van der Waals surface area contributed by atoms with Crippen LogP contribution in [0, 0.1) is 0 Å². The molecule has 2 rings (SSSR count). The summed E-state index contributed by atoms with van der Waals surface area (Å²) in [6.07, 6.45) is -2.59. The van der Waals surface area contributed by atoms with Gasteiger partial charge in [0.2, 0.25) is 5.88 Å². The second-order valence-electron chi connectivity index (χ2n) is 5.36. The predicted octanol–water partition coefficient (Wildman–Crippen LogP) is 3.94. The summed E-state index contributed by atoms with van der Waals surface area (Å²) in [5.41, 5.74) is 0.0719. The van der Waals surface area contributed by atoms with E-state index in [1.807, 2.05) is 0 Å². The molecule has 1 N–H and O–H groups in total. The molecule has 0 aliphatic rings. The molecule has 1 aromatic carbocycles. The largest absolute Gasteiger partial charge is 0.466 e. The molecule has 0 fully saturated rings. The minimum Gasteiger partial charge on any atom is -0.466 e. The van der Waals surface area contributed by atoms with E-state index < -0.39 is 11.7 Å². The number of rotatable bonds is 8. The van der Waals surface area contributed by atoms with Crippen LogP contribution >= 0.6 is 0 Å². The normalized spacial score (nSPS) is 11.2. The maximum absolute atomic E-state index is 12.7. The van der Waals surface area contributed by atoms with Crippen LogP contribution in [0.2, 0.25) is 0 Å². The Kier molecular flexibility index (Phi) is 6.97. The monoisotopic (exact) mass is 368 g/mol. The van der Waals surface area contributed by atoms with Gasteiger partial charge in [0.25, 0.3) is 0 Å². The Labute approximate surface area is 149 Å². The van der Waals surface area contributed by atoms with Gasteiger partial charge < -0.3 is 14.8 Å². The summed E-state index contributed by atoms with van der Waals surface area (Å²) >= 11 is 0. The van der Waals surface area contributed by atoms with Crippen LogP contribution in [0.15, 0.2) is 42.6 Å². The molecule has 8 heteroatoms. The average Bonchev–Trinajstić information content (AvgIpc) is 2.60. The van der Waals surface area contributed by atoms with Crippen molar-refractivity contribution < 1.29 is 27.4 Å². The molecule has 5 nitrogen and oxygen atoms in total. The van der Waals surface area contributed by atoms with E-state index in [0.717, 1.165) is 17.7 Å². The van der Waals surface area contributed by atoms with Gasteiger partial charge >= 0.3 is 12.1 Å². The van der Waals surface area contributed by atoms with Crippen LogP contribution < -0.4 is 10.1 Å². The van der Waals surface area contributed by atoms with Gasteiger partial charge in [-0.2, -0.15) is 13.2 Å². The van der Waals surface area contributed by atoms with Gasteiger partial charge in [0, 0.05) is 25.4 Å². The number of esters is 1. The average molecular weight is 368 g/mol. The number of benzene rings is 1. The summed E-state index contributed by atoms with van der Waals surface area (Å²) in [6, 6.07) is 7.93. The Morgan fingerprint density at radius 3 is 2.69 bits per heavy atom. The quantitative estimate of drug-likeness (QED) is 0.565. The molecule has 0 bridgehead atoms. The second-order valence-corrected chi connectivity index (χ2v) is 5.36. The Morgan fingerprint density at radius 2 is 2.04 bits per heavy atom. The number of nitrogens with one attached hydrogen (secondary N) is 1. The minimum absolute atomic E-state index is 0.0626. The van der Waals surface area contributed by atoms with Gasteiger partial charge in [-0.15, -0.1) is 0 Å². The van der Waals surface area contributed by atoms with E-state index >= 15 is 0 Å². The van der Waals surface area contributed by atoms with E-state index in [1.54, 1.807) is 25.3 Å². The molecule has 0 unspecified atom stereocenters. The zero-order valence-corrected chi connectivity index (χ0v) is 14.2. The zero-order chi connectivity index (χ0) is 19.0. The van der Waals surface area contributed by atoms with Crippen molar-refractivity contribution in [2.24, 2.45) is 0 Å². The van der Waals surface area contributed by atoms with Gasteiger partial charge in [-0.1, -0.05) is 12.1 Å². The Morgan fingerprint density at radius 1 is 1.23 bits per heavy atom. The molecule has 1 aromatic heterocycles. The smallest absolute Gasteiger partial charge is 0.416 e. The maximum Gasteiger partial charge on any atom is 0.416 e. The van der Waals surface area contributed by atoms with Crippen molar-refractivity contribution >= 4 is 5.97 Å². The molecular weight excluding hydrogens is 349 g/mol. The van der Waals surface area contributed by atoms with Gasteiger partial charge in [-0.25, -0.2) is 4.98 Å². The van der Waals surface area contributed by atoms with Gasteiger partial charge in [-0.05, 0) is 30.7 Å². The van der Waals surface area contributed by atoms with E-state index in [9.17, 15) is 18.0 Å². The highest BCUT2D eigenvalue weighted by Crippen LogP contribution is 2.32. The molecule has 0 radical (unpaired) electrons. The van der Waals surface area contributed by atoms with Gasteiger partial charge in [-0.3, -0.25) is 4.79 Å². The van der Waals surface area contributed by atoms with Crippen LogP contribution in [0.25, 0.3) is 0 Å². The second kappa shape index (κ2) is 9.19. The number of carbonyl (C=O) groups is 1. The van der Waals surface area contributed by atoms with Crippen molar-refractivity contribution in [3.8, 4) is 11.6 Å². The van der Waals surface area contributed by atoms with Crippen molar-refractivity contribution in [2.75, 3.05) is 13.2 Å². The molecule has 140 valence electrons. The van der Waals surface area contributed by atoms with E-state index in [0.29, 0.717) is 19.7 Å². The molecule has 0 atom stereocenters. The number of halogens is 3. The maximum atomic E-state index is 12.7. The molecule has 0 aliphatic carbocycles. The molecule has 0 saturated heterocycles. The van der Waals surface area contributed by atoms with Crippen molar-refractivity contribution in [3.63, 3.8) is 0 Å². The Hall–Kier alpha value is -2.61. The molecule has 2 aromatic rings. The lowest BCUT2D eigenvalue weighted by Gasteiger charge is -2.10. The number of hydrogen-bond acceptors (Lipinski definition) is 5. The van der Waals surface area contributed by atoms with E-state index in [1.165, 1.54) is 12.1 Å². The predicted molar refractivity (Wildman–Crippen MR) is 88.7 cm³/mol. The van der Waals surface area contributed by atoms with E-state index in [4.69, 9.17) is 9.47 Å². The zero-order valence-electron chi connectivity index (χ0n) is 14.2. The highest BCUT2D eigenvalue weighted by atomic mass is 19.4. The molecular formula is C18H19F3N2O3. The van der Waals surface area contributed by atoms with Gasteiger partial charge in [0.1, 0.15) is 5.75 Å². The van der Waals surface area contributed by atoms with E-state index in [-0.39, 0.29) is 24.0 Å². The fourth-order valence-corrected chi connectivity index (χ4v) is 2.09. The van der Waals surface area contributed by atoms with Gasteiger partial charge in [0.05, 0.1) is 18.6 Å². The number of carbonyl (C=O) groups excluding carboxylic acids is 1. The van der Waals surface area contributed by atoms with Crippen LogP contribution in [0.1, 0.15) is 24.5 Å². The Balaban J connectivity index is 1.85. The van der Waals surface area contributed by atoms with Crippen LogP contribution in [0.3, 0.4) is 0 Å². The van der Waals surface area contributed by atoms with Crippen LogP contribution in [-0.2, 0) is 22.3 Å². The topological polar surface area (TPSA) is 60.5 Å². The summed E-state index contributed by atoms with van der Waals surface area (Å²) < 4.78 is 48.3. The minimum atomic E-state index is -4.42. The number of ether oxygens (including phenoxy) is 2. The summed E-state index contributed by atoms with van der Waals surface area (Å²) in [4.78, 5) is 15.3. The fourth-order valence-electron chi connectivity index (χ4n) is 2.09. The van der Waals surface area contributed by atoms with Crippen molar-refractivity contribution in [1.82, 2.24) is 10.3 Å². The number of hydrogen-bond donors (Lipinski definition) is 1. The first-order valence-electron chi connectivity index (χ1n) is 8.05. The number of aromatic nitrogens is 1. The SMILES string of the molecule is CCOC(=O)CCNCc1ccc(Oc2cccc(C(F)(F)F)c2)nc1. The third-order valence-electron chi connectivity index (χ3n) is 3.32. The lowest BCUT2D eigenvalue weighted by Crippen LogP contribution is -2.19. The Bertz CT molecular complexity index is 718. The summed E-state index contributed by atoms with van der Waals surface area (Å²) in [6.45, 7) is 3.08. The summed E-state index contributed by atoms with van der Waals surface area (Å²) in [5, 5.41) is 3.08. The number of nitrogens with zero attached hydrogens (tertiary/aromatic N) is 1. The lowest BCUT2D eigenvalue weighted by molar-refractivity contribution is -0.143. The van der Waals surface area contributed by atoms with Crippen LogP contribution in [-0.4, -0.2) is 24.1 Å². The first kappa shape index (κ1) is 19.7. The molecule has 0 saturated carbocycles. The highest BCUT2D eigenvalue weighted by Gasteiger charge is 2.30. The third-order valence-corrected chi connectivity index (χ3v) is 3.32. The molecule has 26 heavy (non-hydrogen) atoms. The summed E-state index contributed by atoms with van der Waals surface area (Å²) in [5.74, 6) is -0.00445. The molecule has 1 heterocycles. The standard InChI is InChI=1S/C18H19F3N2O3/c1-2-25-17(24)8-9-22-11-13-6-7-16(23-12-13)26-15-5-3-4-14(10-15)18(19,20)21/h3-7,10,12,22H,2,8-9,11H2,1H3. The molecule has 0 spiro atoms. The van der Waals surface area contributed by atoms with Crippen molar-refractivity contribution in [3.05, 3.63) is 53.7 Å². The van der Waals surface area contributed by atoms with Crippen LogP contribution in [0.5, 0.6) is 11.6 Å². The van der Waals surface area contributed by atoms with Crippen LogP contribution in [0.4, 0.5) is 13.2 Å². The van der Waals surface area contributed by atoms with E-state index in [2.05, 4.69) is 10.3 Å². The lowest BCUT2D eigenvalue weighted by atomic mass is 10.2.